The predicted octanol–water partition coefficient (Wildman–Crippen LogP) is 2.95. The van der Waals surface area contributed by atoms with Crippen LogP contribution in [0, 0.1) is 11.3 Å². The van der Waals surface area contributed by atoms with Gasteiger partial charge in [-0.25, -0.2) is 8.78 Å². The van der Waals surface area contributed by atoms with Crippen LogP contribution in [-0.2, 0) is 21.8 Å². The van der Waals surface area contributed by atoms with Gasteiger partial charge in [-0.2, -0.15) is 5.26 Å². The molecule has 0 saturated heterocycles. The van der Waals surface area contributed by atoms with Crippen LogP contribution in [0.1, 0.15) is 28.7 Å². The van der Waals surface area contributed by atoms with Crippen LogP contribution < -0.4 is 0 Å². The van der Waals surface area contributed by atoms with E-state index >= 15 is 0 Å². The van der Waals surface area contributed by atoms with Crippen molar-refractivity contribution in [1.29, 1.82) is 5.26 Å². The Labute approximate surface area is 108 Å². The highest BCUT2D eigenvalue weighted by Crippen LogP contribution is 2.30. The number of halogens is 3. The van der Waals surface area contributed by atoms with Crippen molar-refractivity contribution in [2.75, 3.05) is 7.11 Å². The highest BCUT2D eigenvalue weighted by molar-refractivity contribution is 6.17. The van der Waals surface area contributed by atoms with Gasteiger partial charge < -0.3 is 4.74 Å². The Hall–Kier alpha value is -1.67. The van der Waals surface area contributed by atoms with Gasteiger partial charge in [-0.1, -0.05) is 6.07 Å². The van der Waals surface area contributed by atoms with E-state index in [1.165, 1.54) is 19.2 Å². The van der Waals surface area contributed by atoms with Gasteiger partial charge in [-0.15, -0.1) is 11.6 Å². The molecular weight excluding hydrogens is 264 g/mol. The molecule has 0 aliphatic rings. The van der Waals surface area contributed by atoms with E-state index < -0.39 is 12.4 Å². The van der Waals surface area contributed by atoms with E-state index in [1.807, 2.05) is 0 Å². The van der Waals surface area contributed by atoms with Crippen LogP contribution in [-0.4, -0.2) is 13.1 Å². The van der Waals surface area contributed by atoms with E-state index in [4.69, 9.17) is 16.9 Å². The van der Waals surface area contributed by atoms with Crippen LogP contribution in [0.4, 0.5) is 8.78 Å². The number of hydrogen-bond donors (Lipinski definition) is 0. The van der Waals surface area contributed by atoms with E-state index in [2.05, 4.69) is 4.74 Å². The van der Waals surface area contributed by atoms with Crippen LogP contribution >= 0.6 is 11.6 Å². The van der Waals surface area contributed by atoms with Gasteiger partial charge in [0.15, 0.2) is 0 Å². The van der Waals surface area contributed by atoms with Crippen molar-refractivity contribution < 1.29 is 18.3 Å². The third kappa shape index (κ3) is 2.96. The van der Waals surface area contributed by atoms with E-state index in [-0.39, 0.29) is 34.6 Å². The molecule has 1 aromatic rings. The van der Waals surface area contributed by atoms with E-state index in [1.54, 1.807) is 6.07 Å². The normalized spacial score (nSPS) is 10.2. The number of methoxy groups -OCH3 is 1. The summed E-state index contributed by atoms with van der Waals surface area (Å²) in [6.45, 7) is 0. The molecule has 96 valence electrons. The first-order valence-electron chi connectivity index (χ1n) is 5.00. The Kier molecular flexibility index (Phi) is 5.05. The van der Waals surface area contributed by atoms with Gasteiger partial charge in [-0.3, -0.25) is 4.79 Å². The van der Waals surface area contributed by atoms with Crippen molar-refractivity contribution in [3.8, 4) is 6.07 Å². The second-order valence-corrected chi connectivity index (χ2v) is 3.73. The quantitative estimate of drug-likeness (QED) is 0.626. The van der Waals surface area contributed by atoms with Gasteiger partial charge in [0.2, 0.25) is 0 Å². The van der Waals surface area contributed by atoms with Crippen LogP contribution in [0.5, 0.6) is 0 Å². The lowest BCUT2D eigenvalue weighted by atomic mass is 9.95. The monoisotopic (exact) mass is 273 g/mol. The second-order valence-electron chi connectivity index (χ2n) is 3.46. The number of hydrogen-bond acceptors (Lipinski definition) is 3. The Balaban J connectivity index is 3.35. The molecule has 0 saturated carbocycles. The summed E-state index contributed by atoms with van der Waals surface area (Å²) >= 11 is 5.60. The molecule has 0 unspecified atom stereocenters. The lowest BCUT2D eigenvalue weighted by Crippen LogP contribution is -2.09. The zero-order chi connectivity index (χ0) is 13.7. The van der Waals surface area contributed by atoms with Crippen LogP contribution in [0.2, 0.25) is 0 Å². The molecule has 0 aliphatic heterocycles. The summed E-state index contributed by atoms with van der Waals surface area (Å²) in [7, 11) is 1.18. The van der Waals surface area contributed by atoms with Gasteiger partial charge in [0.1, 0.15) is 0 Å². The molecule has 0 atom stereocenters. The molecular formula is C12H10ClF2NO2. The maximum Gasteiger partial charge on any atom is 0.309 e. The summed E-state index contributed by atoms with van der Waals surface area (Å²) in [6, 6.07) is 4.51. The SMILES string of the molecule is COC(=O)Cc1ccc(C#N)c(CCl)c1C(F)F. The molecule has 3 nitrogen and oxygen atoms in total. The van der Waals surface area contributed by atoms with E-state index in [0.29, 0.717) is 0 Å². The van der Waals surface area contributed by atoms with Gasteiger partial charge in [0.25, 0.3) is 6.43 Å². The fourth-order valence-corrected chi connectivity index (χ4v) is 1.90. The Morgan fingerprint density at radius 2 is 2.22 bits per heavy atom. The third-order valence-corrected chi connectivity index (χ3v) is 2.75. The molecule has 0 N–H and O–H groups in total. The van der Waals surface area contributed by atoms with E-state index in [9.17, 15) is 13.6 Å². The van der Waals surface area contributed by atoms with Crippen molar-refractivity contribution in [2.45, 2.75) is 18.7 Å². The molecule has 0 amide bonds. The lowest BCUT2D eigenvalue weighted by Gasteiger charge is -2.13. The minimum absolute atomic E-state index is 0.0653. The van der Waals surface area contributed by atoms with Crippen LogP contribution in [0.15, 0.2) is 12.1 Å². The van der Waals surface area contributed by atoms with Gasteiger partial charge in [0, 0.05) is 11.4 Å². The fraction of sp³-hybridized carbons (Fsp3) is 0.333. The molecule has 1 rings (SSSR count). The van der Waals surface area contributed by atoms with Crippen molar-refractivity contribution >= 4 is 17.6 Å². The summed E-state index contributed by atoms with van der Waals surface area (Å²) in [5.74, 6) is -0.834. The average molecular weight is 274 g/mol. The summed E-state index contributed by atoms with van der Waals surface area (Å²) in [5.41, 5.74) is -0.0644. The topological polar surface area (TPSA) is 50.1 Å². The number of nitrogens with zero attached hydrogens (tertiary/aromatic N) is 1. The largest absolute Gasteiger partial charge is 0.469 e. The molecule has 0 aliphatic carbocycles. The number of nitriles is 1. The highest BCUT2D eigenvalue weighted by Gasteiger charge is 2.21. The number of benzene rings is 1. The summed E-state index contributed by atoms with van der Waals surface area (Å²) in [4.78, 5) is 11.1. The summed E-state index contributed by atoms with van der Waals surface area (Å²) < 4.78 is 30.5. The van der Waals surface area contributed by atoms with Crippen LogP contribution in [0.25, 0.3) is 0 Å². The first-order valence-corrected chi connectivity index (χ1v) is 5.54. The fourth-order valence-electron chi connectivity index (χ4n) is 1.62. The third-order valence-electron chi connectivity index (χ3n) is 2.48. The number of carbonyl (C=O) groups excluding carboxylic acids is 1. The van der Waals surface area contributed by atoms with Gasteiger partial charge in [0.05, 0.1) is 25.2 Å². The smallest absolute Gasteiger partial charge is 0.309 e. The first kappa shape index (κ1) is 14.4. The Morgan fingerprint density at radius 3 is 2.67 bits per heavy atom. The van der Waals surface area contributed by atoms with Gasteiger partial charge in [-0.05, 0) is 17.2 Å². The number of esters is 1. The average Bonchev–Trinajstić information content (AvgIpc) is 2.37. The van der Waals surface area contributed by atoms with Crippen molar-refractivity contribution in [1.82, 2.24) is 0 Å². The summed E-state index contributed by atoms with van der Waals surface area (Å²) in [6.07, 6.45) is -3.07. The minimum Gasteiger partial charge on any atom is -0.469 e. The number of alkyl halides is 3. The molecule has 0 bridgehead atoms. The van der Waals surface area contributed by atoms with Gasteiger partial charge >= 0.3 is 5.97 Å². The zero-order valence-electron chi connectivity index (χ0n) is 9.54. The lowest BCUT2D eigenvalue weighted by molar-refractivity contribution is -0.139. The van der Waals surface area contributed by atoms with E-state index in [0.717, 1.165) is 0 Å². The zero-order valence-corrected chi connectivity index (χ0v) is 10.3. The Bertz CT molecular complexity index is 498. The number of ether oxygens (including phenoxy) is 1. The number of carbonyl (C=O) groups is 1. The molecule has 6 heteroatoms. The second kappa shape index (κ2) is 6.31. The molecule has 18 heavy (non-hydrogen) atoms. The van der Waals surface area contributed by atoms with Crippen molar-refractivity contribution in [2.24, 2.45) is 0 Å². The van der Waals surface area contributed by atoms with Crippen molar-refractivity contribution in [3.63, 3.8) is 0 Å². The standard InChI is InChI=1S/C12H10ClF2NO2/c1-18-10(17)4-7-2-3-8(6-16)9(5-13)11(7)12(14)15/h2-3,12H,4-5H2,1H3. The predicted molar refractivity (Wildman–Crippen MR) is 61.4 cm³/mol. The first-order chi connectivity index (χ1) is 8.54. The maximum absolute atomic E-state index is 13.0. The van der Waals surface area contributed by atoms with Crippen molar-refractivity contribution in [3.05, 3.63) is 34.4 Å². The molecule has 0 fully saturated rings. The summed E-state index contributed by atoms with van der Waals surface area (Å²) in [5, 5.41) is 8.83. The molecule has 0 heterocycles. The number of rotatable bonds is 4. The minimum atomic E-state index is -2.80. The van der Waals surface area contributed by atoms with Crippen LogP contribution in [0.3, 0.4) is 0 Å². The maximum atomic E-state index is 13.0. The Morgan fingerprint density at radius 1 is 1.56 bits per heavy atom. The molecule has 0 spiro atoms. The molecule has 0 radical (unpaired) electrons. The molecule has 1 aromatic carbocycles. The highest BCUT2D eigenvalue weighted by atomic mass is 35.5. The molecule has 0 aromatic heterocycles.